The first-order chi connectivity index (χ1) is 12.8. The van der Waals surface area contributed by atoms with Crippen LogP contribution in [0, 0.1) is 0 Å². The lowest BCUT2D eigenvalue weighted by atomic mass is 10.1. The van der Waals surface area contributed by atoms with E-state index in [4.69, 9.17) is 5.11 Å². The van der Waals surface area contributed by atoms with Crippen molar-refractivity contribution in [3.05, 3.63) is 102 Å². The summed E-state index contributed by atoms with van der Waals surface area (Å²) in [6.07, 6.45) is 0. The molecule has 0 unspecified atom stereocenters. The number of hydrogen-bond donors (Lipinski definition) is 2. The van der Waals surface area contributed by atoms with E-state index in [9.17, 15) is 0 Å². The van der Waals surface area contributed by atoms with Gasteiger partial charge in [-0.05, 0) is 28.8 Å². The third kappa shape index (κ3) is 5.45. The zero-order chi connectivity index (χ0) is 18.0. The van der Waals surface area contributed by atoms with Gasteiger partial charge in [0, 0.05) is 31.9 Å². The Morgan fingerprint density at radius 1 is 0.654 bits per heavy atom. The van der Waals surface area contributed by atoms with Crippen molar-refractivity contribution in [3.63, 3.8) is 0 Å². The summed E-state index contributed by atoms with van der Waals surface area (Å²) in [5.41, 5.74) is 5.04. The van der Waals surface area contributed by atoms with Crippen LogP contribution >= 0.6 is 0 Å². The number of rotatable bonds is 9. The van der Waals surface area contributed by atoms with Crippen LogP contribution in [0.4, 0.5) is 5.69 Å². The third-order valence-corrected chi connectivity index (χ3v) is 4.35. The van der Waals surface area contributed by atoms with Crippen LogP contribution in [0.15, 0.2) is 84.9 Å². The average Bonchev–Trinajstić information content (AvgIpc) is 2.70. The van der Waals surface area contributed by atoms with Gasteiger partial charge in [0.15, 0.2) is 0 Å². The highest BCUT2D eigenvalue weighted by atomic mass is 16.3. The molecule has 3 heteroatoms. The summed E-state index contributed by atoms with van der Waals surface area (Å²) in [5.74, 6) is 0. The van der Waals surface area contributed by atoms with Crippen LogP contribution in [0.5, 0.6) is 0 Å². The molecule has 0 atom stereocenters. The van der Waals surface area contributed by atoms with Gasteiger partial charge >= 0.3 is 0 Å². The fourth-order valence-electron chi connectivity index (χ4n) is 2.98. The number of benzene rings is 3. The lowest BCUT2D eigenvalue weighted by molar-refractivity contribution is 0.292. The summed E-state index contributed by atoms with van der Waals surface area (Å²) in [7, 11) is 0. The van der Waals surface area contributed by atoms with Crippen molar-refractivity contribution in [1.82, 2.24) is 5.32 Å². The molecule has 134 valence electrons. The van der Waals surface area contributed by atoms with Crippen molar-refractivity contribution in [1.29, 1.82) is 0 Å². The van der Waals surface area contributed by atoms with Gasteiger partial charge in [-0.15, -0.1) is 0 Å². The summed E-state index contributed by atoms with van der Waals surface area (Å²) >= 11 is 0. The fraction of sp³-hybridized carbons (Fsp3) is 0.217. The normalized spacial score (nSPS) is 10.7. The summed E-state index contributed by atoms with van der Waals surface area (Å²) in [4.78, 5) is 2.40. The third-order valence-electron chi connectivity index (χ3n) is 4.35. The van der Waals surface area contributed by atoms with Crippen LogP contribution in [0.2, 0.25) is 0 Å². The first-order valence-corrected chi connectivity index (χ1v) is 9.08. The second-order valence-electron chi connectivity index (χ2n) is 6.39. The minimum Gasteiger partial charge on any atom is -0.395 e. The Hall–Kier alpha value is -2.62. The van der Waals surface area contributed by atoms with Gasteiger partial charge in [0.2, 0.25) is 0 Å². The Bertz CT molecular complexity index is 716. The molecule has 3 aromatic rings. The smallest absolute Gasteiger partial charge is 0.0556 e. The van der Waals surface area contributed by atoms with Crippen LogP contribution in [0.25, 0.3) is 0 Å². The van der Waals surface area contributed by atoms with E-state index < -0.39 is 0 Å². The van der Waals surface area contributed by atoms with Crippen molar-refractivity contribution >= 4 is 5.69 Å². The van der Waals surface area contributed by atoms with Crippen LogP contribution in [0.3, 0.4) is 0 Å². The van der Waals surface area contributed by atoms with E-state index in [-0.39, 0.29) is 6.61 Å². The number of anilines is 1. The largest absolute Gasteiger partial charge is 0.395 e. The van der Waals surface area contributed by atoms with E-state index in [2.05, 4.69) is 95.1 Å². The molecule has 0 aromatic heterocycles. The van der Waals surface area contributed by atoms with Gasteiger partial charge in [-0.3, -0.25) is 0 Å². The van der Waals surface area contributed by atoms with E-state index in [1.165, 1.54) is 22.4 Å². The second-order valence-corrected chi connectivity index (χ2v) is 6.39. The van der Waals surface area contributed by atoms with E-state index >= 15 is 0 Å². The first kappa shape index (κ1) is 18.2. The Balaban J connectivity index is 1.75. The van der Waals surface area contributed by atoms with E-state index in [0.717, 1.165) is 19.6 Å². The van der Waals surface area contributed by atoms with Gasteiger partial charge in [0.25, 0.3) is 0 Å². The summed E-state index contributed by atoms with van der Waals surface area (Å²) < 4.78 is 0. The highest BCUT2D eigenvalue weighted by Gasteiger charge is 2.09. The van der Waals surface area contributed by atoms with Crippen molar-refractivity contribution in [2.24, 2.45) is 0 Å². The molecular weight excluding hydrogens is 320 g/mol. The van der Waals surface area contributed by atoms with Crippen molar-refractivity contribution in [3.8, 4) is 0 Å². The molecule has 2 N–H and O–H groups in total. The highest BCUT2D eigenvalue weighted by Crippen LogP contribution is 2.21. The van der Waals surface area contributed by atoms with Gasteiger partial charge in [0.1, 0.15) is 0 Å². The molecule has 26 heavy (non-hydrogen) atoms. The molecule has 0 radical (unpaired) electrons. The molecule has 0 aliphatic rings. The van der Waals surface area contributed by atoms with Gasteiger partial charge < -0.3 is 15.3 Å². The monoisotopic (exact) mass is 346 g/mol. The van der Waals surface area contributed by atoms with Gasteiger partial charge in [-0.1, -0.05) is 72.8 Å². The maximum absolute atomic E-state index is 8.87. The number of aliphatic hydroxyl groups is 1. The van der Waals surface area contributed by atoms with E-state index in [0.29, 0.717) is 6.54 Å². The Morgan fingerprint density at radius 3 is 1.69 bits per heavy atom. The molecule has 3 rings (SSSR count). The van der Waals surface area contributed by atoms with Gasteiger partial charge in [0.05, 0.1) is 6.61 Å². The maximum Gasteiger partial charge on any atom is 0.0556 e. The zero-order valence-electron chi connectivity index (χ0n) is 15.0. The van der Waals surface area contributed by atoms with Crippen LogP contribution in [-0.4, -0.2) is 18.3 Å². The number of hydrogen-bond acceptors (Lipinski definition) is 3. The van der Waals surface area contributed by atoms with Crippen LogP contribution in [-0.2, 0) is 19.6 Å². The number of aliphatic hydroxyl groups excluding tert-OH is 1. The molecular formula is C23H26N2O. The Labute approximate surface area is 155 Å². The van der Waals surface area contributed by atoms with Crippen LogP contribution in [0.1, 0.15) is 16.7 Å². The molecule has 3 nitrogen and oxygen atoms in total. The minimum atomic E-state index is 0.167. The van der Waals surface area contributed by atoms with E-state index in [1.54, 1.807) is 0 Å². The lowest BCUT2D eigenvalue weighted by Crippen LogP contribution is -2.22. The SMILES string of the molecule is OCCNCc1ccc(N(Cc2ccccc2)Cc2ccccc2)cc1. The topological polar surface area (TPSA) is 35.5 Å². The molecule has 0 amide bonds. The van der Waals surface area contributed by atoms with Crippen molar-refractivity contribution in [2.45, 2.75) is 19.6 Å². The highest BCUT2D eigenvalue weighted by molar-refractivity contribution is 5.49. The molecule has 0 saturated heterocycles. The summed E-state index contributed by atoms with van der Waals surface area (Å²) in [5, 5.41) is 12.1. The molecule has 0 heterocycles. The molecule has 0 spiro atoms. The second kappa shape index (κ2) is 9.76. The first-order valence-electron chi connectivity index (χ1n) is 9.08. The van der Waals surface area contributed by atoms with Gasteiger partial charge in [-0.25, -0.2) is 0 Å². The average molecular weight is 346 g/mol. The lowest BCUT2D eigenvalue weighted by Gasteiger charge is -2.25. The minimum absolute atomic E-state index is 0.167. The Morgan fingerprint density at radius 2 is 1.19 bits per heavy atom. The quantitative estimate of drug-likeness (QED) is 0.575. The molecule has 0 aliphatic heterocycles. The number of nitrogens with zero attached hydrogens (tertiary/aromatic N) is 1. The molecule has 3 aromatic carbocycles. The van der Waals surface area contributed by atoms with Crippen molar-refractivity contribution < 1.29 is 5.11 Å². The summed E-state index contributed by atoms with van der Waals surface area (Å²) in [6.45, 7) is 3.31. The Kier molecular flexibility index (Phi) is 6.82. The number of nitrogens with one attached hydrogen (secondary N) is 1. The van der Waals surface area contributed by atoms with Crippen LogP contribution < -0.4 is 10.2 Å². The molecule has 0 bridgehead atoms. The van der Waals surface area contributed by atoms with Gasteiger partial charge in [-0.2, -0.15) is 0 Å². The van der Waals surface area contributed by atoms with Crippen molar-refractivity contribution in [2.75, 3.05) is 18.1 Å². The maximum atomic E-state index is 8.87. The predicted molar refractivity (Wildman–Crippen MR) is 108 cm³/mol. The molecule has 0 saturated carbocycles. The predicted octanol–water partition coefficient (Wildman–Crippen LogP) is 3.98. The van der Waals surface area contributed by atoms with E-state index in [1.807, 2.05) is 0 Å². The standard InChI is InChI=1S/C23H26N2O/c26-16-15-24-17-20-11-13-23(14-12-20)25(18-21-7-3-1-4-8-21)19-22-9-5-2-6-10-22/h1-14,24,26H,15-19H2. The molecule has 0 fully saturated rings. The fourth-order valence-corrected chi connectivity index (χ4v) is 2.98. The molecule has 0 aliphatic carbocycles. The zero-order valence-corrected chi connectivity index (χ0v) is 15.0. The summed E-state index contributed by atoms with van der Waals surface area (Å²) in [6, 6.07) is 29.8.